The van der Waals surface area contributed by atoms with Gasteiger partial charge in [0.2, 0.25) is 11.8 Å². The van der Waals surface area contributed by atoms with E-state index in [1.54, 1.807) is 4.90 Å². The average Bonchev–Trinajstić information content (AvgIpc) is 2.92. The molecule has 0 radical (unpaired) electrons. The van der Waals surface area contributed by atoms with Crippen LogP contribution in [-0.4, -0.2) is 53.7 Å². The van der Waals surface area contributed by atoms with E-state index in [4.69, 9.17) is 0 Å². The molecule has 25 heavy (non-hydrogen) atoms. The van der Waals surface area contributed by atoms with Crippen LogP contribution in [0.5, 0.6) is 0 Å². The van der Waals surface area contributed by atoms with Crippen LogP contribution in [0.25, 0.3) is 0 Å². The van der Waals surface area contributed by atoms with E-state index in [0.29, 0.717) is 18.9 Å². The summed E-state index contributed by atoms with van der Waals surface area (Å²) in [4.78, 5) is 40.6. The first kappa shape index (κ1) is 16.3. The van der Waals surface area contributed by atoms with Crippen molar-refractivity contribution in [2.24, 2.45) is 0 Å². The highest BCUT2D eigenvalue weighted by Crippen LogP contribution is 2.36. The van der Waals surface area contributed by atoms with E-state index < -0.39 is 6.04 Å². The number of likely N-dealkylation sites (N-methyl/N-ethyl adjacent to an activating group) is 1. The normalized spacial score (nSPS) is 27.4. The number of hydrogen-bond donors (Lipinski definition) is 1. The molecule has 1 aromatic rings. The van der Waals surface area contributed by atoms with Crippen LogP contribution >= 0.6 is 0 Å². The van der Waals surface area contributed by atoms with Gasteiger partial charge in [-0.1, -0.05) is 18.2 Å². The zero-order valence-corrected chi connectivity index (χ0v) is 14.5. The van der Waals surface area contributed by atoms with Gasteiger partial charge in [-0.2, -0.15) is 0 Å². The fraction of sp³-hybridized carbons (Fsp3) is 0.526. The lowest BCUT2D eigenvalue weighted by atomic mass is 9.86. The second kappa shape index (κ2) is 6.26. The molecular weight excluding hydrogens is 318 g/mol. The lowest BCUT2D eigenvalue weighted by Crippen LogP contribution is -2.52. The zero-order chi connectivity index (χ0) is 17.6. The minimum absolute atomic E-state index is 0.0617. The smallest absolute Gasteiger partial charge is 0.255 e. The molecule has 132 valence electrons. The van der Waals surface area contributed by atoms with Crippen molar-refractivity contribution in [3.63, 3.8) is 0 Å². The SMILES string of the molecule is CN1CCCC(c2cccc3c2C(=O)N(C2CCC(=O)NC2=O)C3)C1. The van der Waals surface area contributed by atoms with Crippen LogP contribution in [0.2, 0.25) is 0 Å². The van der Waals surface area contributed by atoms with Gasteiger partial charge in [0.15, 0.2) is 0 Å². The van der Waals surface area contributed by atoms with Gasteiger partial charge >= 0.3 is 0 Å². The summed E-state index contributed by atoms with van der Waals surface area (Å²) in [5.41, 5.74) is 2.90. The lowest BCUT2D eigenvalue weighted by molar-refractivity contribution is -0.136. The molecule has 0 aromatic heterocycles. The van der Waals surface area contributed by atoms with Gasteiger partial charge in [0.25, 0.3) is 5.91 Å². The van der Waals surface area contributed by atoms with E-state index in [0.717, 1.165) is 42.6 Å². The summed E-state index contributed by atoms with van der Waals surface area (Å²) >= 11 is 0. The topological polar surface area (TPSA) is 69.7 Å². The predicted molar refractivity (Wildman–Crippen MR) is 92.0 cm³/mol. The Morgan fingerprint density at radius 2 is 2.00 bits per heavy atom. The minimum atomic E-state index is -0.542. The van der Waals surface area contributed by atoms with Crippen LogP contribution in [0, 0.1) is 0 Å². The maximum atomic E-state index is 13.1. The van der Waals surface area contributed by atoms with Crippen LogP contribution in [-0.2, 0) is 16.1 Å². The molecule has 3 aliphatic rings. The zero-order valence-electron chi connectivity index (χ0n) is 14.5. The summed E-state index contributed by atoms with van der Waals surface area (Å²) in [7, 11) is 2.12. The third kappa shape index (κ3) is 2.84. The van der Waals surface area contributed by atoms with Gasteiger partial charge in [-0.15, -0.1) is 0 Å². The molecule has 0 spiro atoms. The summed E-state index contributed by atoms with van der Waals surface area (Å²) in [5.74, 6) is -0.305. The molecule has 6 heteroatoms. The van der Waals surface area contributed by atoms with Gasteiger partial charge in [-0.05, 0) is 49.9 Å². The maximum absolute atomic E-state index is 13.1. The van der Waals surface area contributed by atoms with E-state index in [2.05, 4.69) is 23.3 Å². The fourth-order valence-electron chi connectivity index (χ4n) is 4.40. The number of hydrogen-bond acceptors (Lipinski definition) is 4. The monoisotopic (exact) mass is 341 g/mol. The van der Waals surface area contributed by atoms with Gasteiger partial charge in [-0.25, -0.2) is 0 Å². The maximum Gasteiger partial charge on any atom is 0.255 e. The summed E-state index contributed by atoms with van der Waals surface area (Å²) in [6, 6.07) is 5.52. The molecule has 6 nitrogen and oxygen atoms in total. The van der Waals surface area contributed by atoms with Crippen LogP contribution in [0.1, 0.15) is 53.1 Å². The Hall–Kier alpha value is -2.21. The number of fused-ring (bicyclic) bond motifs is 1. The number of carbonyl (C=O) groups excluding carboxylic acids is 3. The molecule has 3 aliphatic heterocycles. The molecule has 0 aliphatic carbocycles. The third-order valence-electron chi connectivity index (χ3n) is 5.65. The Kier molecular flexibility index (Phi) is 4.07. The predicted octanol–water partition coefficient (Wildman–Crippen LogP) is 1.26. The van der Waals surface area contributed by atoms with E-state index in [9.17, 15) is 14.4 Å². The highest BCUT2D eigenvalue weighted by molar-refractivity contribution is 6.06. The molecule has 1 aromatic carbocycles. The summed E-state index contributed by atoms with van der Waals surface area (Å²) in [6.07, 6.45) is 2.92. The molecule has 0 saturated carbocycles. The third-order valence-corrected chi connectivity index (χ3v) is 5.65. The van der Waals surface area contributed by atoms with Gasteiger partial charge in [0.05, 0.1) is 0 Å². The van der Waals surface area contributed by atoms with Crippen LogP contribution in [0.15, 0.2) is 18.2 Å². The molecule has 1 N–H and O–H groups in total. The number of benzene rings is 1. The first-order valence-corrected chi connectivity index (χ1v) is 8.99. The van der Waals surface area contributed by atoms with Gasteiger partial charge in [0, 0.05) is 25.1 Å². The standard InChI is InChI=1S/C19H23N3O3/c1-21-9-3-5-12(10-21)14-6-2-4-13-11-22(19(25)17(13)14)15-7-8-16(23)20-18(15)24/h2,4,6,12,15H,3,5,7-11H2,1H3,(H,20,23,24). The average molecular weight is 341 g/mol. The van der Waals surface area contributed by atoms with Crippen molar-refractivity contribution in [1.29, 1.82) is 0 Å². The molecule has 4 rings (SSSR count). The second-order valence-electron chi connectivity index (χ2n) is 7.38. The van der Waals surface area contributed by atoms with E-state index in [1.165, 1.54) is 0 Å². The molecule has 2 fully saturated rings. The number of likely N-dealkylation sites (tertiary alicyclic amines) is 1. The highest BCUT2D eigenvalue weighted by Gasteiger charge is 2.40. The number of imide groups is 1. The Bertz CT molecular complexity index is 745. The summed E-state index contributed by atoms with van der Waals surface area (Å²) in [5, 5.41) is 2.36. The number of amides is 3. The quantitative estimate of drug-likeness (QED) is 0.822. The summed E-state index contributed by atoms with van der Waals surface area (Å²) in [6.45, 7) is 2.51. The molecule has 2 unspecified atom stereocenters. The fourth-order valence-corrected chi connectivity index (χ4v) is 4.40. The van der Waals surface area contributed by atoms with Crippen molar-refractivity contribution in [3.05, 3.63) is 34.9 Å². The largest absolute Gasteiger partial charge is 0.322 e. The first-order chi connectivity index (χ1) is 12.0. The van der Waals surface area contributed by atoms with Gasteiger partial charge in [0.1, 0.15) is 6.04 Å². The minimum Gasteiger partial charge on any atom is -0.322 e. The highest BCUT2D eigenvalue weighted by atomic mass is 16.2. The van der Waals surface area contributed by atoms with Crippen molar-refractivity contribution in [3.8, 4) is 0 Å². The molecule has 0 bridgehead atoms. The number of nitrogens with one attached hydrogen (secondary N) is 1. The van der Waals surface area contributed by atoms with Crippen molar-refractivity contribution in [1.82, 2.24) is 15.1 Å². The molecular formula is C19H23N3O3. The van der Waals surface area contributed by atoms with Crippen molar-refractivity contribution >= 4 is 17.7 Å². The van der Waals surface area contributed by atoms with Gasteiger partial charge < -0.3 is 9.80 Å². The van der Waals surface area contributed by atoms with Crippen LogP contribution < -0.4 is 5.32 Å². The van der Waals surface area contributed by atoms with Crippen molar-refractivity contribution < 1.29 is 14.4 Å². The van der Waals surface area contributed by atoms with Crippen LogP contribution in [0.4, 0.5) is 0 Å². The summed E-state index contributed by atoms with van der Waals surface area (Å²) < 4.78 is 0. The number of nitrogens with zero attached hydrogens (tertiary/aromatic N) is 2. The molecule has 2 atom stereocenters. The van der Waals surface area contributed by atoms with E-state index >= 15 is 0 Å². The Morgan fingerprint density at radius 1 is 1.16 bits per heavy atom. The molecule has 2 saturated heterocycles. The van der Waals surface area contributed by atoms with Crippen LogP contribution in [0.3, 0.4) is 0 Å². The molecule has 3 amide bonds. The van der Waals surface area contributed by atoms with E-state index in [1.807, 2.05) is 12.1 Å². The first-order valence-electron chi connectivity index (χ1n) is 8.99. The number of carbonyl (C=O) groups is 3. The lowest BCUT2D eigenvalue weighted by Gasteiger charge is -2.31. The second-order valence-corrected chi connectivity index (χ2v) is 7.38. The Morgan fingerprint density at radius 3 is 2.76 bits per heavy atom. The number of piperidine rings is 2. The number of rotatable bonds is 2. The van der Waals surface area contributed by atoms with Gasteiger partial charge in [-0.3, -0.25) is 19.7 Å². The Balaban J connectivity index is 1.62. The Labute approximate surface area is 147 Å². The molecule has 3 heterocycles. The van der Waals surface area contributed by atoms with Crippen molar-refractivity contribution in [2.75, 3.05) is 20.1 Å². The van der Waals surface area contributed by atoms with E-state index in [-0.39, 0.29) is 24.1 Å². The van der Waals surface area contributed by atoms with Crippen molar-refractivity contribution in [2.45, 2.75) is 44.2 Å².